The van der Waals surface area contributed by atoms with Gasteiger partial charge in [0.2, 0.25) is 11.8 Å². The Bertz CT molecular complexity index is 319. The maximum atomic E-state index is 12.0. The summed E-state index contributed by atoms with van der Waals surface area (Å²) in [7, 11) is 0. The van der Waals surface area contributed by atoms with Gasteiger partial charge in [-0.05, 0) is 26.2 Å². The second-order valence-electron chi connectivity index (χ2n) is 4.07. The highest BCUT2D eigenvalue weighted by Crippen LogP contribution is 2.19. The molecule has 16 heavy (non-hydrogen) atoms. The zero-order valence-electron chi connectivity index (χ0n) is 9.31. The summed E-state index contributed by atoms with van der Waals surface area (Å²) in [5.41, 5.74) is 10.7. The van der Waals surface area contributed by atoms with Crippen molar-refractivity contribution in [3.05, 3.63) is 0 Å². The van der Waals surface area contributed by atoms with Crippen LogP contribution in [-0.4, -0.2) is 34.3 Å². The molecule has 0 aliphatic carbocycles. The normalized spacial score (nSPS) is 22.6. The third kappa shape index (κ3) is 2.69. The van der Waals surface area contributed by atoms with Gasteiger partial charge in [-0.1, -0.05) is 12.2 Å². The SMILES string of the molecule is CC(C(=O)N1CCCCC1C(N)=O)C(N)=S. The fraction of sp³-hybridized carbons (Fsp3) is 0.700. The second kappa shape index (κ2) is 5.25. The molecule has 6 heteroatoms. The summed E-state index contributed by atoms with van der Waals surface area (Å²) >= 11 is 4.78. The van der Waals surface area contributed by atoms with E-state index in [0.717, 1.165) is 12.8 Å². The van der Waals surface area contributed by atoms with E-state index in [2.05, 4.69) is 0 Å². The summed E-state index contributed by atoms with van der Waals surface area (Å²) in [6.45, 7) is 2.21. The number of primary amides is 1. The van der Waals surface area contributed by atoms with Crippen LogP contribution in [0, 0.1) is 5.92 Å². The summed E-state index contributed by atoms with van der Waals surface area (Å²) < 4.78 is 0. The minimum absolute atomic E-state index is 0.152. The third-order valence-electron chi connectivity index (χ3n) is 2.91. The maximum Gasteiger partial charge on any atom is 0.240 e. The minimum atomic E-state index is -0.532. The summed E-state index contributed by atoms with van der Waals surface area (Å²) in [5, 5.41) is 0. The summed E-state index contributed by atoms with van der Waals surface area (Å²) in [5.74, 6) is -1.19. The number of piperidine rings is 1. The van der Waals surface area contributed by atoms with Crippen molar-refractivity contribution in [2.45, 2.75) is 32.2 Å². The van der Waals surface area contributed by atoms with Crippen molar-refractivity contribution in [3.63, 3.8) is 0 Å². The van der Waals surface area contributed by atoms with Crippen molar-refractivity contribution in [2.24, 2.45) is 17.4 Å². The predicted molar refractivity (Wildman–Crippen MR) is 64.5 cm³/mol. The molecule has 1 fully saturated rings. The van der Waals surface area contributed by atoms with Gasteiger partial charge < -0.3 is 16.4 Å². The standard InChI is InChI=1S/C10H17N3O2S/c1-6(9(12)16)10(15)13-5-3-2-4-7(13)8(11)14/h6-7H,2-5H2,1H3,(H2,11,14)(H2,12,16). The topological polar surface area (TPSA) is 89.4 Å². The van der Waals surface area contributed by atoms with E-state index in [0.29, 0.717) is 13.0 Å². The third-order valence-corrected chi connectivity index (χ3v) is 3.27. The first-order valence-corrected chi connectivity index (χ1v) is 5.75. The lowest BCUT2D eigenvalue weighted by atomic mass is 9.99. The Kier molecular flexibility index (Phi) is 4.23. The van der Waals surface area contributed by atoms with Crippen molar-refractivity contribution in [2.75, 3.05) is 6.54 Å². The van der Waals surface area contributed by atoms with E-state index in [1.165, 1.54) is 4.90 Å². The van der Waals surface area contributed by atoms with Gasteiger partial charge >= 0.3 is 0 Å². The molecule has 0 aromatic rings. The molecule has 0 saturated carbocycles. The molecular formula is C10H17N3O2S. The molecule has 0 radical (unpaired) electrons. The molecule has 0 aromatic heterocycles. The summed E-state index contributed by atoms with van der Waals surface area (Å²) in [6, 6.07) is -0.502. The highest BCUT2D eigenvalue weighted by atomic mass is 32.1. The van der Waals surface area contributed by atoms with Crippen LogP contribution in [0.1, 0.15) is 26.2 Å². The van der Waals surface area contributed by atoms with E-state index in [4.69, 9.17) is 23.7 Å². The van der Waals surface area contributed by atoms with Crippen LogP contribution in [0.15, 0.2) is 0 Å². The summed E-state index contributed by atoms with van der Waals surface area (Å²) in [6.07, 6.45) is 2.43. The van der Waals surface area contributed by atoms with Gasteiger partial charge in [0.25, 0.3) is 0 Å². The van der Waals surface area contributed by atoms with Gasteiger partial charge in [-0.3, -0.25) is 9.59 Å². The molecule has 0 aromatic carbocycles. The number of thiocarbonyl (C=S) groups is 1. The Hall–Kier alpha value is -1.17. The largest absolute Gasteiger partial charge is 0.393 e. The van der Waals surface area contributed by atoms with E-state index in [1.54, 1.807) is 6.92 Å². The second-order valence-corrected chi connectivity index (χ2v) is 4.54. The maximum absolute atomic E-state index is 12.0. The molecular weight excluding hydrogens is 226 g/mol. The van der Waals surface area contributed by atoms with Crippen LogP contribution in [0.25, 0.3) is 0 Å². The Morgan fingerprint density at radius 2 is 2.00 bits per heavy atom. The van der Waals surface area contributed by atoms with Crippen molar-refractivity contribution in [3.8, 4) is 0 Å². The van der Waals surface area contributed by atoms with Gasteiger partial charge in [-0.15, -0.1) is 0 Å². The molecule has 4 N–H and O–H groups in total. The number of nitrogens with zero attached hydrogens (tertiary/aromatic N) is 1. The molecule has 1 heterocycles. The Morgan fingerprint density at radius 3 is 2.50 bits per heavy atom. The number of nitrogens with two attached hydrogens (primary N) is 2. The van der Waals surface area contributed by atoms with Crippen molar-refractivity contribution in [1.29, 1.82) is 0 Å². The minimum Gasteiger partial charge on any atom is -0.393 e. The van der Waals surface area contributed by atoms with Gasteiger partial charge in [0.05, 0.1) is 10.9 Å². The molecule has 5 nitrogen and oxygen atoms in total. The van der Waals surface area contributed by atoms with E-state index < -0.39 is 17.9 Å². The van der Waals surface area contributed by atoms with E-state index in [1.807, 2.05) is 0 Å². The molecule has 2 atom stereocenters. The molecule has 2 unspecified atom stereocenters. The number of hydrogen-bond acceptors (Lipinski definition) is 3. The van der Waals surface area contributed by atoms with Crippen LogP contribution in [0.5, 0.6) is 0 Å². The highest BCUT2D eigenvalue weighted by molar-refractivity contribution is 7.80. The smallest absolute Gasteiger partial charge is 0.240 e. The van der Waals surface area contributed by atoms with Gasteiger partial charge in [0, 0.05) is 6.54 Å². The fourth-order valence-corrected chi connectivity index (χ4v) is 1.96. The number of hydrogen-bond donors (Lipinski definition) is 2. The fourth-order valence-electron chi connectivity index (χ4n) is 1.86. The first-order chi connectivity index (χ1) is 7.45. The van der Waals surface area contributed by atoms with Gasteiger partial charge in [-0.2, -0.15) is 0 Å². The molecule has 2 amide bonds. The van der Waals surface area contributed by atoms with Crippen LogP contribution < -0.4 is 11.5 Å². The monoisotopic (exact) mass is 243 g/mol. The predicted octanol–water partition coefficient (Wildman–Crippen LogP) is -0.225. The molecule has 0 spiro atoms. The first kappa shape index (κ1) is 12.9. The van der Waals surface area contributed by atoms with Crippen LogP contribution in [0.2, 0.25) is 0 Å². The lowest BCUT2D eigenvalue weighted by Crippen LogP contribution is -2.53. The number of rotatable bonds is 3. The van der Waals surface area contributed by atoms with Crippen LogP contribution in [0.4, 0.5) is 0 Å². The van der Waals surface area contributed by atoms with Gasteiger partial charge in [-0.25, -0.2) is 0 Å². The van der Waals surface area contributed by atoms with Crippen molar-refractivity contribution < 1.29 is 9.59 Å². The van der Waals surface area contributed by atoms with Crippen LogP contribution in [-0.2, 0) is 9.59 Å². The van der Waals surface area contributed by atoms with Crippen molar-refractivity contribution in [1.82, 2.24) is 4.90 Å². The highest BCUT2D eigenvalue weighted by Gasteiger charge is 2.33. The molecule has 90 valence electrons. The molecule has 1 rings (SSSR count). The average molecular weight is 243 g/mol. The van der Waals surface area contributed by atoms with Crippen LogP contribution >= 0.6 is 12.2 Å². The van der Waals surface area contributed by atoms with Gasteiger partial charge in [0.15, 0.2) is 0 Å². The number of carbonyl (C=O) groups is 2. The van der Waals surface area contributed by atoms with E-state index in [-0.39, 0.29) is 10.9 Å². The molecule has 1 saturated heterocycles. The average Bonchev–Trinajstić information content (AvgIpc) is 2.26. The number of likely N-dealkylation sites (tertiary alicyclic amines) is 1. The van der Waals surface area contributed by atoms with E-state index in [9.17, 15) is 9.59 Å². The number of carbonyl (C=O) groups excluding carboxylic acids is 2. The van der Waals surface area contributed by atoms with Gasteiger partial charge in [0.1, 0.15) is 6.04 Å². The molecule has 1 aliphatic heterocycles. The van der Waals surface area contributed by atoms with E-state index >= 15 is 0 Å². The molecule has 1 aliphatic rings. The zero-order chi connectivity index (χ0) is 12.3. The quantitative estimate of drug-likeness (QED) is 0.670. The Morgan fingerprint density at radius 1 is 1.38 bits per heavy atom. The van der Waals surface area contributed by atoms with Crippen LogP contribution in [0.3, 0.4) is 0 Å². The van der Waals surface area contributed by atoms with Crippen molar-refractivity contribution >= 4 is 29.0 Å². The summed E-state index contributed by atoms with van der Waals surface area (Å²) in [4.78, 5) is 24.9. The Balaban J connectivity index is 2.79. The molecule has 0 bridgehead atoms. The lowest BCUT2D eigenvalue weighted by Gasteiger charge is -2.35. The zero-order valence-corrected chi connectivity index (χ0v) is 10.1. The first-order valence-electron chi connectivity index (χ1n) is 5.34. The lowest BCUT2D eigenvalue weighted by molar-refractivity contribution is -0.142. The Labute approximate surface area is 100 Å². The number of amides is 2.